The van der Waals surface area contributed by atoms with E-state index in [4.69, 9.17) is 4.99 Å². The highest BCUT2D eigenvalue weighted by Crippen LogP contribution is 2.43. The smallest absolute Gasteiger partial charge is 0.219 e. The van der Waals surface area contributed by atoms with E-state index < -0.39 is 0 Å². The maximum Gasteiger partial charge on any atom is 0.219 e. The molecule has 2 fully saturated rings. The van der Waals surface area contributed by atoms with Gasteiger partial charge in [0.05, 0.1) is 0 Å². The van der Waals surface area contributed by atoms with Gasteiger partial charge in [-0.2, -0.15) is 0 Å². The Kier molecular flexibility index (Phi) is 11.7. The van der Waals surface area contributed by atoms with Crippen LogP contribution in [0.5, 0.6) is 0 Å². The summed E-state index contributed by atoms with van der Waals surface area (Å²) in [7, 11) is 0. The summed E-state index contributed by atoms with van der Waals surface area (Å²) in [5.74, 6) is 1.88. The number of guanidine groups is 1. The lowest BCUT2D eigenvalue weighted by Crippen LogP contribution is -2.50. The van der Waals surface area contributed by atoms with E-state index in [0.29, 0.717) is 5.41 Å². The van der Waals surface area contributed by atoms with E-state index in [1.807, 2.05) is 4.90 Å². The Morgan fingerprint density at radius 3 is 2.29 bits per heavy atom. The molecule has 0 radical (unpaired) electrons. The Morgan fingerprint density at radius 1 is 1.11 bits per heavy atom. The van der Waals surface area contributed by atoms with E-state index in [9.17, 15) is 4.79 Å². The first-order valence-electron chi connectivity index (χ1n) is 10.9. The van der Waals surface area contributed by atoms with E-state index in [2.05, 4.69) is 36.3 Å². The molecule has 28 heavy (non-hydrogen) atoms. The average Bonchev–Trinajstić information content (AvgIpc) is 3.08. The molecule has 0 aromatic heterocycles. The fourth-order valence-electron chi connectivity index (χ4n) is 4.63. The first-order chi connectivity index (χ1) is 12.9. The van der Waals surface area contributed by atoms with Crippen LogP contribution in [0, 0.1) is 11.3 Å². The molecule has 0 unspecified atom stereocenters. The minimum Gasteiger partial charge on any atom is -0.357 e. The highest BCUT2D eigenvalue weighted by molar-refractivity contribution is 14.0. The number of piperazine rings is 1. The van der Waals surface area contributed by atoms with Crippen molar-refractivity contribution in [1.29, 1.82) is 0 Å². The third-order valence-electron chi connectivity index (χ3n) is 5.96. The number of halogens is 1. The molecule has 0 bridgehead atoms. The summed E-state index contributed by atoms with van der Waals surface area (Å²) < 4.78 is 0. The van der Waals surface area contributed by atoms with Crippen molar-refractivity contribution >= 4 is 35.8 Å². The number of nitrogens with one attached hydrogen (secondary N) is 2. The maximum atomic E-state index is 11.4. The number of rotatable bonds is 8. The number of carbonyl (C=O) groups is 1. The summed E-state index contributed by atoms with van der Waals surface area (Å²) in [6.07, 6.45) is 6.66. The first-order valence-corrected chi connectivity index (χ1v) is 10.9. The van der Waals surface area contributed by atoms with Gasteiger partial charge in [0.1, 0.15) is 0 Å². The molecule has 2 N–H and O–H groups in total. The summed E-state index contributed by atoms with van der Waals surface area (Å²) in [5, 5.41) is 6.92. The van der Waals surface area contributed by atoms with E-state index in [1.54, 1.807) is 6.92 Å². The molecule has 0 aromatic rings. The highest BCUT2D eigenvalue weighted by Gasteiger charge is 2.34. The van der Waals surface area contributed by atoms with Crippen LogP contribution in [0.15, 0.2) is 4.99 Å². The van der Waals surface area contributed by atoms with Crippen molar-refractivity contribution in [2.24, 2.45) is 16.3 Å². The second kappa shape index (κ2) is 12.9. The summed E-state index contributed by atoms with van der Waals surface area (Å²) in [6.45, 7) is 15.8. The van der Waals surface area contributed by atoms with Crippen LogP contribution in [-0.2, 0) is 4.79 Å². The molecule has 1 aliphatic heterocycles. The Balaban J connectivity index is 0.00000392. The van der Waals surface area contributed by atoms with Crippen LogP contribution < -0.4 is 10.6 Å². The molecule has 1 aliphatic carbocycles. The lowest BCUT2D eigenvalue weighted by Gasteiger charge is -2.34. The van der Waals surface area contributed by atoms with Gasteiger partial charge in [-0.1, -0.05) is 26.7 Å². The summed E-state index contributed by atoms with van der Waals surface area (Å²) in [5.41, 5.74) is 0.416. The number of hydrogen-bond donors (Lipinski definition) is 2. The zero-order valence-electron chi connectivity index (χ0n) is 18.4. The molecule has 7 heteroatoms. The van der Waals surface area contributed by atoms with Gasteiger partial charge < -0.3 is 15.5 Å². The first kappa shape index (κ1) is 25.5. The van der Waals surface area contributed by atoms with Gasteiger partial charge in [-0.3, -0.25) is 14.7 Å². The Bertz CT molecular complexity index is 483. The van der Waals surface area contributed by atoms with Crippen molar-refractivity contribution in [2.45, 2.75) is 59.8 Å². The topological polar surface area (TPSA) is 60.0 Å². The van der Waals surface area contributed by atoms with Gasteiger partial charge in [-0.05, 0) is 37.5 Å². The van der Waals surface area contributed by atoms with Crippen molar-refractivity contribution in [1.82, 2.24) is 20.4 Å². The predicted octanol–water partition coefficient (Wildman–Crippen LogP) is 2.93. The van der Waals surface area contributed by atoms with Gasteiger partial charge in [-0.15, -0.1) is 24.0 Å². The Labute approximate surface area is 189 Å². The second-order valence-electron chi connectivity index (χ2n) is 8.77. The fourth-order valence-corrected chi connectivity index (χ4v) is 4.63. The number of amides is 1. The van der Waals surface area contributed by atoms with E-state index in [1.165, 1.54) is 32.1 Å². The molecule has 2 aliphatic rings. The summed E-state index contributed by atoms with van der Waals surface area (Å²) in [6, 6.07) is 0. The molecule has 2 rings (SSSR count). The Morgan fingerprint density at radius 2 is 1.75 bits per heavy atom. The van der Waals surface area contributed by atoms with Gasteiger partial charge >= 0.3 is 0 Å². The van der Waals surface area contributed by atoms with E-state index in [-0.39, 0.29) is 29.9 Å². The minimum atomic E-state index is 0. The van der Waals surface area contributed by atoms with Crippen LogP contribution in [0.2, 0.25) is 0 Å². The van der Waals surface area contributed by atoms with Crippen LogP contribution in [0.25, 0.3) is 0 Å². The zero-order valence-corrected chi connectivity index (χ0v) is 20.8. The van der Waals surface area contributed by atoms with E-state index >= 15 is 0 Å². The normalized spacial score (nSPS) is 20.2. The van der Waals surface area contributed by atoms with Gasteiger partial charge in [0.15, 0.2) is 5.96 Å². The molecule has 0 spiro atoms. The van der Waals surface area contributed by atoms with Gasteiger partial charge in [0.25, 0.3) is 0 Å². The molecule has 0 atom stereocenters. The maximum absolute atomic E-state index is 11.4. The van der Waals surface area contributed by atoms with Crippen molar-refractivity contribution in [3.63, 3.8) is 0 Å². The largest absolute Gasteiger partial charge is 0.357 e. The molecule has 6 nitrogen and oxygen atoms in total. The summed E-state index contributed by atoms with van der Waals surface area (Å²) >= 11 is 0. The monoisotopic (exact) mass is 507 g/mol. The highest BCUT2D eigenvalue weighted by atomic mass is 127. The number of hydrogen-bond acceptors (Lipinski definition) is 3. The van der Waals surface area contributed by atoms with Crippen LogP contribution in [-0.4, -0.2) is 74.0 Å². The predicted molar refractivity (Wildman–Crippen MR) is 128 cm³/mol. The van der Waals surface area contributed by atoms with Crippen LogP contribution in [0.3, 0.4) is 0 Å². The molecule has 1 heterocycles. The average molecular weight is 508 g/mol. The van der Waals surface area contributed by atoms with E-state index in [0.717, 1.165) is 64.2 Å². The van der Waals surface area contributed by atoms with Crippen molar-refractivity contribution in [2.75, 3.05) is 52.4 Å². The number of aliphatic imine (C=N–C) groups is 1. The third kappa shape index (κ3) is 8.43. The summed E-state index contributed by atoms with van der Waals surface area (Å²) in [4.78, 5) is 20.7. The van der Waals surface area contributed by atoms with Crippen LogP contribution in [0.1, 0.15) is 59.8 Å². The fraction of sp³-hybridized carbons (Fsp3) is 0.905. The SMILES string of the molecule is CCNC(=NCC1(CC(C)C)CCCC1)NCCN1CCN(C(C)=O)CC1.I. The van der Waals surface area contributed by atoms with Crippen LogP contribution >= 0.6 is 24.0 Å². The second-order valence-corrected chi connectivity index (χ2v) is 8.77. The van der Waals surface area contributed by atoms with Gasteiger partial charge in [0, 0.05) is 59.3 Å². The van der Waals surface area contributed by atoms with Crippen molar-refractivity contribution in [3.05, 3.63) is 0 Å². The quantitative estimate of drug-likeness (QED) is 0.302. The zero-order chi connectivity index (χ0) is 19.7. The lowest BCUT2D eigenvalue weighted by molar-refractivity contribution is -0.130. The Hall–Kier alpha value is -0.570. The van der Waals surface area contributed by atoms with Crippen molar-refractivity contribution in [3.8, 4) is 0 Å². The molecule has 1 amide bonds. The van der Waals surface area contributed by atoms with Gasteiger partial charge in [0.2, 0.25) is 5.91 Å². The lowest BCUT2D eigenvalue weighted by atomic mass is 9.78. The van der Waals surface area contributed by atoms with Crippen LogP contribution in [0.4, 0.5) is 0 Å². The molecule has 0 aromatic carbocycles. The standard InChI is InChI=1S/C21H41N5O.HI/c1-5-22-20(24-17-21(16-18(2)3)8-6-7-9-21)23-10-11-25-12-14-26(15-13-25)19(4)27;/h18H,5-17H2,1-4H3,(H2,22,23,24);1H. The molecular weight excluding hydrogens is 465 g/mol. The molecule has 1 saturated carbocycles. The molecular formula is C21H42IN5O. The number of carbonyl (C=O) groups excluding carboxylic acids is 1. The van der Waals surface area contributed by atoms with Gasteiger partial charge in [-0.25, -0.2) is 0 Å². The molecule has 164 valence electrons. The minimum absolute atomic E-state index is 0. The molecule has 1 saturated heterocycles. The van der Waals surface area contributed by atoms with Crippen molar-refractivity contribution < 1.29 is 4.79 Å². The number of nitrogens with zero attached hydrogens (tertiary/aromatic N) is 3. The third-order valence-corrected chi connectivity index (χ3v) is 5.96.